The molecule has 0 saturated carbocycles. The number of anilines is 1. The van der Waals surface area contributed by atoms with Gasteiger partial charge >= 0.3 is 6.03 Å². The largest absolute Gasteiger partial charge is 0.332 e. The lowest BCUT2D eigenvalue weighted by molar-refractivity contribution is -0.384. The normalized spacial score (nSPS) is 23.2. The highest BCUT2D eigenvalue weighted by molar-refractivity contribution is 14.1. The van der Waals surface area contributed by atoms with E-state index in [1.165, 1.54) is 21.9 Å². The molecule has 2 bridgehead atoms. The van der Waals surface area contributed by atoms with E-state index in [1.54, 1.807) is 18.2 Å². The highest BCUT2D eigenvalue weighted by Gasteiger charge is 2.63. The van der Waals surface area contributed by atoms with Gasteiger partial charge in [-0.3, -0.25) is 19.7 Å². The van der Waals surface area contributed by atoms with Crippen molar-refractivity contribution in [2.75, 3.05) is 11.4 Å². The van der Waals surface area contributed by atoms with Crippen molar-refractivity contribution in [1.29, 1.82) is 5.26 Å². The lowest BCUT2D eigenvalue weighted by atomic mass is 10.1. The van der Waals surface area contributed by atoms with Gasteiger partial charge in [0.1, 0.15) is 17.1 Å². The van der Waals surface area contributed by atoms with E-state index < -0.39 is 34.9 Å². The predicted molar refractivity (Wildman–Crippen MR) is 124 cm³/mol. The predicted octanol–water partition coefficient (Wildman–Crippen LogP) is 3.16. The van der Waals surface area contributed by atoms with Crippen LogP contribution >= 0.6 is 34.2 Å². The second-order valence-electron chi connectivity index (χ2n) is 7.92. The highest BCUT2D eigenvalue weighted by atomic mass is 127. The number of fused-ring (bicyclic) bond motifs is 5. The first kappa shape index (κ1) is 21.6. The number of nitriles is 1. The van der Waals surface area contributed by atoms with Crippen LogP contribution in [0, 0.1) is 25.0 Å². The van der Waals surface area contributed by atoms with Crippen molar-refractivity contribution in [2.45, 2.75) is 24.5 Å². The Bertz CT molecular complexity index is 1310. The maximum absolute atomic E-state index is 13.3. The lowest BCUT2D eigenvalue weighted by Gasteiger charge is -2.34. The molecule has 33 heavy (non-hydrogen) atoms. The van der Waals surface area contributed by atoms with Gasteiger partial charge in [-0.25, -0.2) is 9.69 Å². The maximum atomic E-state index is 13.3. The molecule has 3 saturated heterocycles. The number of carbonyl (C=O) groups excluding carboxylic acids is 3. The van der Waals surface area contributed by atoms with Crippen molar-refractivity contribution in [2.24, 2.45) is 0 Å². The van der Waals surface area contributed by atoms with Crippen LogP contribution in [0.15, 0.2) is 36.4 Å². The van der Waals surface area contributed by atoms with Gasteiger partial charge in [-0.05, 0) is 59.3 Å². The first-order valence-electron chi connectivity index (χ1n) is 9.83. The fourth-order valence-electron chi connectivity index (χ4n) is 4.81. The minimum atomic E-state index is -0.823. The molecule has 3 atom stereocenters. The summed E-state index contributed by atoms with van der Waals surface area (Å²) in [4.78, 5) is 54.2. The molecule has 3 heterocycles. The van der Waals surface area contributed by atoms with Crippen LogP contribution in [0.2, 0.25) is 5.02 Å². The van der Waals surface area contributed by atoms with E-state index in [1.807, 2.05) is 28.7 Å². The Kier molecular flexibility index (Phi) is 5.02. The van der Waals surface area contributed by atoms with E-state index >= 15 is 0 Å². The van der Waals surface area contributed by atoms with Gasteiger partial charge in [0.2, 0.25) is 0 Å². The summed E-state index contributed by atoms with van der Waals surface area (Å²) in [5.41, 5.74) is 0.531. The summed E-state index contributed by atoms with van der Waals surface area (Å²) in [7, 11) is 0. The molecule has 0 spiro atoms. The average molecular weight is 578 g/mol. The first-order valence-corrected chi connectivity index (χ1v) is 11.3. The number of hydrogen-bond donors (Lipinski definition) is 0. The Morgan fingerprint density at radius 3 is 2.67 bits per heavy atom. The monoisotopic (exact) mass is 577 g/mol. The van der Waals surface area contributed by atoms with E-state index in [0.717, 1.165) is 11.0 Å². The number of piperazine rings is 1. The van der Waals surface area contributed by atoms with Crippen LogP contribution in [0.4, 0.5) is 16.2 Å². The van der Waals surface area contributed by atoms with Gasteiger partial charge in [0.25, 0.3) is 17.5 Å². The second kappa shape index (κ2) is 7.67. The summed E-state index contributed by atoms with van der Waals surface area (Å²) in [5.74, 6) is -0.888. The van der Waals surface area contributed by atoms with E-state index in [9.17, 15) is 24.5 Å². The van der Waals surface area contributed by atoms with E-state index in [4.69, 9.17) is 16.9 Å². The summed E-state index contributed by atoms with van der Waals surface area (Å²) < 4.78 is 0.615. The molecule has 0 aromatic heterocycles. The van der Waals surface area contributed by atoms with Crippen molar-refractivity contribution in [1.82, 2.24) is 9.80 Å². The molecule has 3 aliphatic rings. The molecule has 0 unspecified atom stereocenters. The minimum absolute atomic E-state index is 0.0741. The number of halogens is 2. The van der Waals surface area contributed by atoms with Crippen LogP contribution in [0.5, 0.6) is 0 Å². The maximum Gasteiger partial charge on any atom is 0.332 e. The average Bonchev–Trinajstić information content (AvgIpc) is 3.44. The molecule has 5 rings (SSSR count). The third-order valence-electron chi connectivity index (χ3n) is 6.25. The second-order valence-corrected chi connectivity index (χ2v) is 9.49. The van der Waals surface area contributed by atoms with Crippen molar-refractivity contribution < 1.29 is 19.3 Å². The molecule has 0 N–H and O–H groups in total. The van der Waals surface area contributed by atoms with E-state index in [-0.39, 0.29) is 28.9 Å². The van der Waals surface area contributed by atoms with Crippen LogP contribution in [0.3, 0.4) is 0 Å². The summed E-state index contributed by atoms with van der Waals surface area (Å²) in [6, 6.07) is 8.46. The molecule has 0 radical (unpaired) electrons. The molecule has 2 aromatic carbocycles. The molecule has 12 heteroatoms. The Morgan fingerprint density at radius 1 is 1.24 bits per heavy atom. The summed E-state index contributed by atoms with van der Waals surface area (Å²) in [6.45, 7) is 0.230. The van der Waals surface area contributed by atoms with Crippen molar-refractivity contribution >= 4 is 63.4 Å². The number of imide groups is 1. The van der Waals surface area contributed by atoms with Gasteiger partial charge in [0.05, 0.1) is 28.3 Å². The van der Waals surface area contributed by atoms with Gasteiger partial charge in [-0.15, -0.1) is 0 Å². The fourth-order valence-corrected chi connectivity index (χ4v) is 5.62. The number of rotatable bonds is 3. The molecule has 10 nitrogen and oxygen atoms in total. The number of amides is 4. The smallest absolute Gasteiger partial charge is 0.331 e. The Labute approximate surface area is 205 Å². The zero-order chi connectivity index (χ0) is 23.6. The topological polar surface area (TPSA) is 128 Å². The third kappa shape index (κ3) is 3.16. The number of nitro benzene ring substituents is 1. The molecule has 3 aliphatic heterocycles. The Balaban J connectivity index is 1.44. The number of nitrogens with zero attached hydrogens (tertiary/aromatic N) is 5. The van der Waals surface area contributed by atoms with Crippen LogP contribution in [-0.2, 0) is 4.79 Å². The van der Waals surface area contributed by atoms with Crippen molar-refractivity contribution in [3.63, 3.8) is 0 Å². The molecule has 3 fully saturated rings. The Hall–Kier alpha value is -3.24. The van der Waals surface area contributed by atoms with E-state index in [2.05, 4.69) is 0 Å². The molecular weight excluding hydrogens is 565 g/mol. The minimum Gasteiger partial charge on any atom is -0.331 e. The summed E-state index contributed by atoms with van der Waals surface area (Å²) in [6.07, 6.45) is 0.461. The fraction of sp³-hybridized carbons (Fsp3) is 0.238. The zero-order valence-corrected chi connectivity index (χ0v) is 19.6. The van der Waals surface area contributed by atoms with Crippen LogP contribution < -0.4 is 4.90 Å². The first-order chi connectivity index (χ1) is 15.7. The molecule has 2 aromatic rings. The van der Waals surface area contributed by atoms with Crippen LogP contribution in [0.25, 0.3) is 0 Å². The highest BCUT2D eigenvalue weighted by Crippen LogP contribution is 2.43. The summed E-state index contributed by atoms with van der Waals surface area (Å²) >= 11 is 7.82. The van der Waals surface area contributed by atoms with Gasteiger partial charge in [0.15, 0.2) is 0 Å². The Morgan fingerprint density at radius 2 is 2.00 bits per heavy atom. The number of urea groups is 1. The van der Waals surface area contributed by atoms with Crippen molar-refractivity contribution in [3.8, 4) is 6.07 Å². The standard InChI is InChI=1S/C21H13ClIN5O5/c22-14-4-2-10(5-16(14)28(32)33)19(29)25-9-13-7-17(25)18-20(30)27(21(31)26(13)18)12-3-1-11(8-24)15(23)6-12/h1-6,13,17-18H,7,9H2/t13-,17-,18+/m0/s1. The van der Waals surface area contributed by atoms with Gasteiger partial charge in [-0.1, -0.05) is 11.6 Å². The van der Waals surface area contributed by atoms with Gasteiger partial charge < -0.3 is 9.80 Å². The van der Waals surface area contributed by atoms with Crippen LogP contribution in [0.1, 0.15) is 22.3 Å². The van der Waals surface area contributed by atoms with Gasteiger partial charge in [-0.2, -0.15) is 5.26 Å². The van der Waals surface area contributed by atoms with Gasteiger partial charge in [0, 0.05) is 21.7 Å². The molecule has 4 amide bonds. The van der Waals surface area contributed by atoms with E-state index in [0.29, 0.717) is 21.2 Å². The number of benzene rings is 2. The number of likely N-dealkylation sites (tertiary alicyclic amines) is 1. The van der Waals surface area contributed by atoms with Crippen LogP contribution in [-0.4, -0.2) is 57.2 Å². The third-order valence-corrected chi connectivity index (χ3v) is 7.46. The number of hydrogen-bond acceptors (Lipinski definition) is 6. The lowest BCUT2D eigenvalue weighted by Crippen LogP contribution is -2.54. The SMILES string of the molecule is N#Cc1ccc(N2C(=O)[C@H]3[C@@H]4C[C@@H](CN4C(=O)c4ccc(Cl)c([N+](=O)[O-])c4)N3C2=O)cc1I. The quantitative estimate of drug-likeness (QED) is 0.239. The zero-order valence-electron chi connectivity index (χ0n) is 16.6. The summed E-state index contributed by atoms with van der Waals surface area (Å²) in [5, 5.41) is 20.3. The molecular formula is C21H13ClIN5O5. The number of carbonyl (C=O) groups is 3. The number of nitro groups is 1. The molecule has 0 aliphatic carbocycles. The molecule has 166 valence electrons. The van der Waals surface area contributed by atoms with Crippen molar-refractivity contribution in [3.05, 3.63) is 66.2 Å².